The highest BCUT2D eigenvalue weighted by Gasteiger charge is 2.35. The molecular weight excluding hydrogens is 881 g/mol. The molecule has 0 heterocycles. The van der Waals surface area contributed by atoms with Crippen molar-refractivity contribution in [3.8, 4) is 11.5 Å². The van der Waals surface area contributed by atoms with E-state index >= 15 is 0 Å². The molecule has 0 aromatic heterocycles. The monoisotopic (exact) mass is 953 g/mol. The minimum absolute atomic E-state index is 0.0420. The molecule has 0 aliphatic carbocycles. The molecule has 0 radical (unpaired) electrons. The molecular formula is C45H72N14O9. The molecule has 20 N–H and O–H groups in total. The number of phenolic OH excluding ortho intramolecular Hbond substituents is 2. The van der Waals surface area contributed by atoms with Crippen molar-refractivity contribution >= 4 is 53.3 Å². The minimum Gasteiger partial charge on any atom is -0.508 e. The Morgan fingerprint density at radius 2 is 0.926 bits per heavy atom. The molecule has 7 amide bonds. The number of aliphatic imine (C=N–C) groups is 2. The molecule has 2 rings (SSSR count). The Morgan fingerprint density at radius 1 is 0.529 bits per heavy atom. The van der Waals surface area contributed by atoms with E-state index in [0.29, 0.717) is 36.9 Å². The van der Waals surface area contributed by atoms with Gasteiger partial charge in [-0.05, 0) is 92.8 Å². The number of nitrogens with two attached hydrogens (primary N) is 6. The average molecular weight is 953 g/mol. The van der Waals surface area contributed by atoms with Crippen molar-refractivity contribution in [1.82, 2.24) is 31.9 Å². The van der Waals surface area contributed by atoms with Crippen LogP contribution in [-0.2, 0) is 46.4 Å². The summed E-state index contributed by atoms with van der Waals surface area (Å²) in [5.74, 6) is -5.93. The zero-order chi connectivity index (χ0) is 50.8. The Hall–Kier alpha value is -7.17. The summed E-state index contributed by atoms with van der Waals surface area (Å²) in [4.78, 5) is 104. The van der Waals surface area contributed by atoms with Crippen LogP contribution in [0.1, 0.15) is 89.7 Å². The summed E-state index contributed by atoms with van der Waals surface area (Å²) in [6.45, 7) is 5.75. The molecule has 23 heteroatoms. The highest BCUT2D eigenvalue weighted by Crippen LogP contribution is 2.16. The van der Waals surface area contributed by atoms with Crippen molar-refractivity contribution in [2.24, 2.45) is 50.3 Å². The predicted octanol–water partition coefficient (Wildman–Crippen LogP) is -2.03. The van der Waals surface area contributed by atoms with E-state index < -0.39 is 83.5 Å². The molecule has 0 aliphatic heterocycles. The molecule has 0 fully saturated rings. The van der Waals surface area contributed by atoms with Crippen LogP contribution in [0.25, 0.3) is 0 Å². The Balaban J connectivity index is 2.57. The van der Waals surface area contributed by atoms with Gasteiger partial charge in [0, 0.05) is 32.4 Å². The van der Waals surface area contributed by atoms with Gasteiger partial charge in [0.05, 0.1) is 0 Å². The number of nitrogens with one attached hydrogen (secondary N) is 6. The summed E-state index contributed by atoms with van der Waals surface area (Å²) in [6, 6.07) is 4.29. The summed E-state index contributed by atoms with van der Waals surface area (Å²) >= 11 is 0. The molecule has 68 heavy (non-hydrogen) atoms. The van der Waals surface area contributed by atoms with Crippen LogP contribution < -0.4 is 66.3 Å². The van der Waals surface area contributed by atoms with E-state index in [1.165, 1.54) is 36.4 Å². The number of aromatic hydroxyl groups is 2. The van der Waals surface area contributed by atoms with Crippen LogP contribution >= 0.6 is 0 Å². The fourth-order valence-corrected chi connectivity index (χ4v) is 6.81. The van der Waals surface area contributed by atoms with Crippen LogP contribution in [-0.4, -0.2) is 119 Å². The van der Waals surface area contributed by atoms with E-state index in [1.807, 2.05) is 6.92 Å². The fourth-order valence-electron chi connectivity index (χ4n) is 6.81. The normalized spacial score (nSPS) is 13.9. The van der Waals surface area contributed by atoms with Gasteiger partial charge in [0.25, 0.3) is 0 Å². The summed E-state index contributed by atoms with van der Waals surface area (Å²) in [5, 5.41) is 36.2. The van der Waals surface area contributed by atoms with E-state index in [0.717, 1.165) is 0 Å². The van der Waals surface area contributed by atoms with Gasteiger partial charge in [-0.15, -0.1) is 0 Å². The quantitative estimate of drug-likeness (QED) is 0.0220. The first-order chi connectivity index (χ1) is 32.3. The second-order valence-corrected chi connectivity index (χ2v) is 16.4. The van der Waals surface area contributed by atoms with E-state index in [2.05, 4.69) is 41.9 Å². The molecule has 7 atom stereocenters. The van der Waals surface area contributed by atoms with Crippen LogP contribution in [0.4, 0.5) is 0 Å². The van der Waals surface area contributed by atoms with Crippen molar-refractivity contribution in [3.05, 3.63) is 59.7 Å². The van der Waals surface area contributed by atoms with Gasteiger partial charge in [-0.3, -0.25) is 43.5 Å². The fraction of sp³-hybridized carbons (Fsp3) is 0.533. The topological polar surface area (TPSA) is 413 Å². The number of hydrogen-bond acceptors (Lipinski definition) is 12. The van der Waals surface area contributed by atoms with Crippen LogP contribution in [0.2, 0.25) is 0 Å². The number of benzene rings is 2. The van der Waals surface area contributed by atoms with E-state index in [9.17, 15) is 43.8 Å². The van der Waals surface area contributed by atoms with Crippen LogP contribution in [0.3, 0.4) is 0 Å². The van der Waals surface area contributed by atoms with E-state index in [-0.39, 0.29) is 87.9 Å². The molecule has 376 valence electrons. The second kappa shape index (κ2) is 30.2. The molecule has 2 aromatic carbocycles. The molecule has 0 unspecified atom stereocenters. The zero-order valence-corrected chi connectivity index (χ0v) is 39.2. The predicted molar refractivity (Wildman–Crippen MR) is 257 cm³/mol. The van der Waals surface area contributed by atoms with E-state index in [4.69, 9.17) is 34.4 Å². The standard InChI is InChI=1S/C45H72N14O9/c1-4-26(3)37(43(68)55-31(38(47)63)10-6-7-21-46)59-40(65)33(12-9-23-53-45(50)51)56-41(66)34(24-27-13-17-29(60)18-14-27)58-42(67)35(25-28-15-19-30(61)20-16-28)57-39(64)32(54-36(62)5-2)11-8-22-52-44(48)49/h13-20,26,31-35,37,60-61H,4-12,21-25,46H2,1-3H3,(H2,47,63)(H,54,62)(H,55,68)(H,56,66)(H,57,64)(H,58,67)(H,59,65)(H4,48,49,52)(H4,50,51,53)/t26-,31-,32-,33-,34-,35-,37-/m0/s1. The summed E-state index contributed by atoms with van der Waals surface area (Å²) in [5.41, 5.74) is 34.2. The zero-order valence-electron chi connectivity index (χ0n) is 39.2. The molecule has 0 saturated carbocycles. The molecule has 23 nitrogen and oxygen atoms in total. The second-order valence-electron chi connectivity index (χ2n) is 16.4. The molecule has 0 aliphatic rings. The molecule has 0 saturated heterocycles. The number of carbonyl (C=O) groups excluding carboxylic acids is 7. The van der Waals surface area contributed by atoms with Gasteiger partial charge in [0.2, 0.25) is 41.4 Å². The first kappa shape index (κ1) is 57.0. The number of carbonyl (C=O) groups is 7. The maximum atomic E-state index is 14.5. The third kappa shape index (κ3) is 21.4. The molecule has 0 spiro atoms. The first-order valence-electron chi connectivity index (χ1n) is 22.7. The number of amides is 7. The first-order valence-corrected chi connectivity index (χ1v) is 22.7. The Labute approximate surface area is 396 Å². The number of guanidine groups is 2. The van der Waals surface area contributed by atoms with Gasteiger partial charge in [-0.2, -0.15) is 0 Å². The summed E-state index contributed by atoms with van der Waals surface area (Å²) in [7, 11) is 0. The van der Waals surface area contributed by atoms with Gasteiger partial charge in [-0.25, -0.2) is 0 Å². The lowest BCUT2D eigenvalue weighted by molar-refractivity contribution is -0.136. The summed E-state index contributed by atoms with van der Waals surface area (Å²) in [6.07, 6.45) is 2.05. The Kier molecular flexibility index (Phi) is 25.3. The SMILES string of the molecule is CCC(=O)N[C@@H](CCCN=C(N)N)C(=O)N[C@@H](Cc1ccc(O)cc1)C(=O)N[C@@H](Cc1ccc(O)cc1)C(=O)N[C@@H](CCCN=C(N)N)C(=O)N[C@H](C(=O)N[C@@H](CCCCN)C(N)=O)[C@@H](C)CC. The molecule has 0 bridgehead atoms. The number of hydrogen-bond donors (Lipinski definition) is 14. The Morgan fingerprint density at radius 3 is 1.34 bits per heavy atom. The summed E-state index contributed by atoms with van der Waals surface area (Å²) < 4.78 is 0. The minimum atomic E-state index is -1.42. The van der Waals surface area contributed by atoms with Gasteiger partial charge in [0.1, 0.15) is 47.8 Å². The average Bonchev–Trinajstić information content (AvgIpc) is 3.29. The van der Waals surface area contributed by atoms with Gasteiger partial charge in [-0.1, -0.05) is 51.5 Å². The van der Waals surface area contributed by atoms with Crippen molar-refractivity contribution in [2.45, 2.75) is 128 Å². The highest BCUT2D eigenvalue weighted by molar-refractivity contribution is 5.97. The lowest BCUT2D eigenvalue weighted by atomic mass is 9.96. The van der Waals surface area contributed by atoms with Crippen LogP contribution in [0.15, 0.2) is 58.5 Å². The van der Waals surface area contributed by atoms with Crippen molar-refractivity contribution in [2.75, 3.05) is 19.6 Å². The maximum absolute atomic E-state index is 14.5. The number of phenols is 2. The van der Waals surface area contributed by atoms with Gasteiger partial charge < -0.3 is 76.5 Å². The van der Waals surface area contributed by atoms with E-state index in [1.54, 1.807) is 26.0 Å². The van der Waals surface area contributed by atoms with Gasteiger partial charge in [0.15, 0.2) is 11.9 Å². The number of primary amides is 1. The largest absolute Gasteiger partial charge is 0.508 e. The van der Waals surface area contributed by atoms with Crippen LogP contribution in [0, 0.1) is 5.92 Å². The lowest BCUT2D eigenvalue weighted by Crippen LogP contribution is -2.61. The number of rotatable bonds is 31. The smallest absolute Gasteiger partial charge is 0.243 e. The van der Waals surface area contributed by atoms with Gasteiger partial charge >= 0.3 is 0 Å². The van der Waals surface area contributed by atoms with Crippen molar-refractivity contribution < 1.29 is 43.8 Å². The van der Waals surface area contributed by atoms with Crippen molar-refractivity contribution in [3.63, 3.8) is 0 Å². The maximum Gasteiger partial charge on any atom is 0.243 e. The number of unbranched alkanes of at least 4 members (excludes halogenated alkanes) is 1. The number of nitrogens with zero attached hydrogens (tertiary/aromatic N) is 2. The third-order valence-corrected chi connectivity index (χ3v) is 10.9. The lowest BCUT2D eigenvalue weighted by Gasteiger charge is -2.29. The molecule has 2 aromatic rings. The highest BCUT2D eigenvalue weighted by atomic mass is 16.3. The van der Waals surface area contributed by atoms with Crippen molar-refractivity contribution in [1.29, 1.82) is 0 Å². The third-order valence-electron chi connectivity index (χ3n) is 10.9. The Bertz CT molecular complexity index is 2010. The van der Waals surface area contributed by atoms with Crippen LogP contribution in [0.5, 0.6) is 11.5 Å².